The summed E-state index contributed by atoms with van der Waals surface area (Å²) >= 11 is 0. The van der Waals surface area contributed by atoms with Crippen molar-refractivity contribution in [1.29, 1.82) is 0 Å². The van der Waals surface area contributed by atoms with Gasteiger partial charge >= 0.3 is 6.18 Å². The third kappa shape index (κ3) is 5.16. The van der Waals surface area contributed by atoms with E-state index in [9.17, 15) is 30.4 Å². The number of aromatic nitrogens is 1. The minimum atomic E-state index is -4.48. The highest BCUT2D eigenvalue weighted by Gasteiger charge is 2.32. The molecule has 1 fully saturated rings. The topological polar surface area (TPSA) is 62.3 Å². The molecule has 0 spiro atoms. The van der Waals surface area contributed by atoms with Crippen molar-refractivity contribution < 1.29 is 30.4 Å². The van der Waals surface area contributed by atoms with Crippen molar-refractivity contribution in [3.8, 4) is 0 Å². The average molecular weight is 421 g/mol. The van der Waals surface area contributed by atoms with Gasteiger partial charge in [0, 0.05) is 31.4 Å². The van der Waals surface area contributed by atoms with Crippen LogP contribution in [0.5, 0.6) is 0 Å². The van der Waals surface area contributed by atoms with Crippen LogP contribution < -0.4 is 9.62 Å². The molecule has 152 valence electrons. The van der Waals surface area contributed by atoms with Crippen LogP contribution in [0.3, 0.4) is 0 Å². The Hall–Kier alpha value is -2.27. The van der Waals surface area contributed by atoms with E-state index in [1.807, 2.05) is 0 Å². The molecule has 1 unspecified atom stereocenters. The highest BCUT2D eigenvalue weighted by Crippen LogP contribution is 2.30. The number of pyridine rings is 1. The first-order chi connectivity index (χ1) is 13.0. The largest absolute Gasteiger partial charge is 0.417 e. The second-order valence-electron chi connectivity index (χ2n) is 6.49. The SMILES string of the molecule is O=S(=O)(Cc1cc(F)cc(F)c1)NC1CCN(c2ccc(C(F)(F)F)cn2)C1. The molecule has 1 N–H and O–H groups in total. The third-order valence-electron chi connectivity index (χ3n) is 4.21. The van der Waals surface area contributed by atoms with Crippen molar-refractivity contribution in [2.45, 2.75) is 24.4 Å². The van der Waals surface area contributed by atoms with Gasteiger partial charge in [-0.15, -0.1) is 0 Å². The Morgan fingerprint density at radius 2 is 1.82 bits per heavy atom. The Balaban J connectivity index is 1.62. The highest BCUT2D eigenvalue weighted by atomic mass is 32.2. The minimum Gasteiger partial charge on any atom is -0.355 e. The maximum atomic E-state index is 13.2. The van der Waals surface area contributed by atoms with E-state index in [-0.39, 0.29) is 12.1 Å². The maximum absolute atomic E-state index is 13.2. The molecule has 11 heteroatoms. The molecule has 5 nitrogen and oxygen atoms in total. The molecule has 1 saturated heterocycles. The molecular weight excluding hydrogens is 405 g/mol. The quantitative estimate of drug-likeness (QED) is 0.754. The Morgan fingerprint density at radius 1 is 1.14 bits per heavy atom. The van der Waals surface area contributed by atoms with Crippen LogP contribution in [0.2, 0.25) is 0 Å². The number of nitrogens with zero attached hydrogens (tertiary/aromatic N) is 2. The van der Waals surface area contributed by atoms with Crippen LogP contribution in [-0.4, -0.2) is 32.5 Å². The molecule has 0 amide bonds. The Kier molecular flexibility index (Phi) is 5.57. The number of hydrogen-bond donors (Lipinski definition) is 1. The maximum Gasteiger partial charge on any atom is 0.417 e. The monoisotopic (exact) mass is 421 g/mol. The molecule has 0 aliphatic carbocycles. The molecule has 0 radical (unpaired) electrons. The summed E-state index contributed by atoms with van der Waals surface area (Å²) in [5, 5.41) is 0. The Bertz CT molecular complexity index is 928. The lowest BCUT2D eigenvalue weighted by atomic mass is 10.2. The van der Waals surface area contributed by atoms with Gasteiger partial charge < -0.3 is 4.90 Å². The van der Waals surface area contributed by atoms with Gasteiger partial charge in [-0.2, -0.15) is 13.2 Å². The molecule has 2 heterocycles. The molecular formula is C17H16F5N3O2S. The van der Waals surface area contributed by atoms with Gasteiger partial charge in [0.25, 0.3) is 0 Å². The van der Waals surface area contributed by atoms with Crippen LogP contribution in [0.25, 0.3) is 0 Å². The van der Waals surface area contributed by atoms with E-state index in [1.54, 1.807) is 4.90 Å². The minimum absolute atomic E-state index is 0.0238. The number of hydrogen-bond acceptors (Lipinski definition) is 4. The molecule has 1 aliphatic heterocycles. The molecule has 0 saturated carbocycles. The van der Waals surface area contributed by atoms with Gasteiger partial charge in [-0.05, 0) is 36.2 Å². The predicted octanol–water partition coefficient (Wildman–Crippen LogP) is 3.08. The fourth-order valence-electron chi connectivity index (χ4n) is 3.01. The summed E-state index contributed by atoms with van der Waals surface area (Å²) in [5.74, 6) is -2.02. The Morgan fingerprint density at radius 3 is 2.39 bits per heavy atom. The molecule has 1 aromatic carbocycles. The molecule has 2 aromatic rings. The number of halogens is 5. The average Bonchev–Trinajstić information content (AvgIpc) is 3.00. The fraction of sp³-hybridized carbons (Fsp3) is 0.353. The lowest BCUT2D eigenvalue weighted by molar-refractivity contribution is -0.137. The number of anilines is 1. The van der Waals surface area contributed by atoms with Crippen molar-refractivity contribution in [2.24, 2.45) is 0 Å². The van der Waals surface area contributed by atoms with E-state index in [4.69, 9.17) is 0 Å². The van der Waals surface area contributed by atoms with Crippen LogP contribution in [0.1, 0.15) is 17.5 Å². The van der Waals surface area contributed by atoms with Gasteiger partial charge in [0.1, 0.15) is 17.5 Å². The summed E-state index contributed by atoms with van der Waals surface area (Å²) in [6.45, 7) is 0.620. The summed E-state index contributed by atoms with van der Waals surface area (Å²) in [5.41, 5.74) is -0.890. The first-order valence-corrected chi connectivity index (χ1v) is 9.90. The Labute approximate surface area is 158 Å². The summed E-state index contributed by atoms with van der Waals surface area (Å²) in [6, 6.07) is 4.18. The van der Waals surface area contributed by atoms with Gasteiger partial charge in [0.15, 0.2) is 0 Å². The molecule has 1 atom stereocenters. The molecule has 28 heavy (non-hydrogen) atoms. The number of benzene rings is 1. The highest BCUT2D eigenvalue weighted by molar-refractivity contribution is 7.88. The van der Waals surface area contributed by atoms with Gasteiger partial charge in [0.2, 0.25) is 10.0 Å². The van der Waals surface area contributed by atoms with E-state index < -0.39 is 45.2 Å². The zero-order valence-corrected chi connectivity index (χ0v) is 15.2. The number of sulfonamides is 1. The fourth-order valence-corrected chi connectivity index (χ4v) is 4.40. The van der Waals surface area contributed by atoms with E-state index in [2.05, 4.69) is 9.71 Å². The van der Waals surface area contributed by atoms with Gasteiger partial charge in [-0.1, -0.05) is 0 Å². The summed E-state index contributed by atoms with van der Waals surface area (Å²) in [4.78, 5) is 5.45. The van der Waals surface area contributed by atoms with Crippen LogP contribution in [0.15, 0.2) is 36.5 Å². The first kappa shape index (κ1) is 20.5. The predicted molar refractivity (Wildman–Crippen MR) is 92.0 cm³/mol. The van der Waals surface area contributed by atoms with Crippen LogP contribution in [0, 0.1) is 11.6 Å². The zero-order valence-electron chi connectivity index (χ0n) is 14.4. The van der Waals surface area contributed by atoms with E-state index >= 15 is 0 Å². The molecule has 0 bridgehead atoms. The number of alkyl halides is 3. The second-order valence-corrected chi connectivity index (χ2v) is 8.24. The van der Waals surface area contributed by atoms with Crippen LogP contribution in [0.4, 0.5) is 27.8 Å². The summed E-state index contributed by atoms with van der Waals surface area (Å²) in [6.07, 6.45) is -3.34. The van der Waals surface area contributed by atoms with Crippen molar-refractivity contribution in [2.75, 3.05) is 18.0 Å². The summed E-state index contributed by atoms with van der Waals surface area (Å²) < 4.78 is 91.2. The van der Waals surface area contributed by atoms with E-state index in [1.165, 1.54) is 6.07 Å². The van der Waals surface area contributed by atoms with E-state index in [0.717, 1.165) is 24.4 Å². The van der Waals surface area contributed by atoms with Crippen molar-refractivity contribution >= 4 is 15.8 Å². The van der Waals surface area contributed by atoms with Gasteiger partial charge in [-0.3, -0.25) is 0 Å². The zero-order chi connectivity index (χ0) is 20.5. The smallest absolute Gasteiger partial charge is 0.355 e. The second kappa shape index (κ2) is 7.63. The van der Waals surface area contributed by atoms with Crippen LogP contribution in [-0.2, 0) is 22.0 Å². The lowest BCUT2D eigenvalue weighted by Crippen LogP contribution is -2.37. The standard InChI is InChI=1S/C17H16F5N3O2S/c18-13-5-11(6-14(19)7-13)10-28(26,27)24-15-3-4-25(9-15)16-2-1-12(8-23-16)17(20,21)22/h1-2,5-8,15,24H,3-4,9-10H2. The van der Waals surface area contributed by atoms with Crippen molar-refractivity contribution in [3.05, 3.63) is 59.3 Å². The van der Waals surface area contributed by atoms with E-state index in [0.29, 0.717) is 24.8 Å². The lowest BCUT2D eigenvalue weighted by Gasteiger charge is -2.18. The third-order valence-corrected chi connectivity index (χ3v) is 5.62. The first-order valence-electron chi connectivity index (χ1n) is 8.25. The number of rotatable bonds is 5. The number of nitrogens with one attached hydrogen (secondary N) is 1. The van der Waals surface area contributed by atoms with Crippen molar-refractivity contribution in [3.63, 3.8) is 0 Å². The molecule has 1 aliphatic rings. The molecule has 3 rings (SSSR count). The van der Waals surface area contributed by atoms with Crippen LogP contribution >= 0.6 is 0 Å². The van der Waals surface area contributed by atoms with Crippen molar-refractivity contribution in [1.82, 2.24) is 9.71 Å². The van der Waals surface area contributed by atoms with Gasteiger partial charge in [-0.25, -0.2) is 26.9 Å². The summed E-state index contributed by atoms with van der Waals surface area (Å²) in [7, 11) is -3.86. The van der Waals surface area contributed by atoms with Gasteiger partial charge in [0.05, 0.1) is 11.3 Å². The molecule has 1 aromatic heterocycles. The normalized spacial score (nSPS) is 17.9.